The van der Waals surface area contributed by atoms with Crippen molar-refractivity contribution in [1.82, 2.24) is 29.4 Å². The molecule has 0 spiro atoms. The lowest BCUT2D eigenvalue weighted by Gasteiger charge is -2.14. The lowest BCUT2D eigenvalue weighted by Crippen LogP contribution is -2.27. The van der Waals surface area contributed by atoms with Gasteiger partial charge in [-0.1, -0.05) is 0 Å². The second-order valence-corrected chi connectivity index (χ2v) is 4.43. The molecule has 19 heavy (non-hydrogen) atoms. The molecule has 0 bridgehead atoms. The van der Waals surface area contributed by atoms with Crippen LogP contribution in [0.4, 0.5) is 0 Å². The standard InChI is InChI=1S/C11H14N6O2/c1-15(2)9(18)7-5-8(10(19)16(3)4)17-6-12-14-11(17)13-7/h5-6H,1-4H3. The molecule has 100 valence electrons. The van der Waals surface area contributed by atoms with E-state index >= 15 is 0 Å². The van der Waals surface area contributed by atoms with Crippen LogP contribution < -0.4 is 0 Å². The molecule has 0 saturated heterocycles. The molecule has 0 radical (unpaired) electrons. The summed E-state index contributed by atoms with van der Waals surface area (Å²) in [5.41, 5.74) is 0.459. The normalized spacial score (nSPS) is 10.5. The summed E-state index contributed by atoms with van der Waals surface area (Å²) in [6, 6.07) is 1.45. The van der Waals surface area contributed by atoms with E-state index in [1.54, 1.807) is 28.2 Å². The summed E-state index contributed by atoms with van der Waals surface area (Å²) in [6.07, 6.45) is 1.39. The van der Waals surface area contributed by atoms with E-state index < -0.39 is 0 Å². The Morgan fingerprint density at radius 2 is 1.74 bits per heavy atom. The zero-order valence-corrected chi connectivity index (χ0v) is 11.2. The van der Waals surface area contributed by atoms with Crippen molar-refractivity contribution in [2.24, 2.45) is 0 Å². The molecular weight excluding hydrogens is 248 g/mol. The molecule has 0 atom stereocenters. The molecular formula is C11H14N6O2. The lowest BCUT2D eigenvalue weighted by atomic mass is 10.2. The van der Waals surface area contributed by atoms with Gasteiger partial charge in [-0.15, -0.1) is 10.2 Å². The molecule has 2 heterocycles. The number of carbonyl (C=O) groups is 2. The van der Waals surface area contributed by atoms with E-state index in [0.29, 0.717) is 5.69 Å². The Morgan fingerprint density at radius 1 is 1.11 bits per heavy atom. The summed E-state index contributed by atoms with van der Waals surface area (Å²) in [5.74, 6) is -0.323. The fraction of sp³-hybridized carbons (Fsp3) is 0.364. The number of amides is 2. The van der Waals surface area contributed by atoms with Crippen molar-refractivity contribution < 1.29 is 9.59 Å². The van der Waals surface area contributed by atoms with Crippen LogP contribution in [-0.2, 0) is 0 Å². The van der Waals surface area contributed by atoms with Crippen LogP contribution in [-0.4, -0.2) is 69.4 Å². The number of fused-ring (bicyclic) bond motifs is 1. The van der Waals surface area contributed by atoms with Gasteiger partial charge in [-0.05, 0) is 6.07 Å². The third-order valence-electron chi connectivity index (χ3n) is 2.53. The van der Waals surface area contributed by atoms with Gasteiger partial charge in [0.1, 0.15) is 17.7 Å². The van der Waals surface area contributed by atoms with Gasteiger partial charge in [0.15, 0.2) is 0 Å². The van der Waals surface area contributed by atoms with Gasteiger partial charge in [0.2, 0.25) is 0 Å². The fourth-order valence-electron chi connectivity index (χ4n) is 1.55. The van der Waals surface area contributed by atoms with Crippen molar-refractivity contribution in [3.8, 4) is 0 Å². The lowest BCUT2D eigenvalue weighted by molar-refractivity contribution is 0.0817. The quantitative estimate of drug-likeness (QED) is 0.730. The van der Waals surface area contributed by atoms with Gasteiger partial charge >= 0.3 is 0 Å². The topological polar surface area (TPSA) is 83.7 Å². The van der Waals surface area contributed by atoms with Gasteiger partial charge in [-0.3, -0.25) is 14.0 Å². The van der Waals surface area contributed by atoms with Crippen LogP contribution in [0.15, 0.2) is 12.4 Å². The Kier molecular flexibility index (Phi) is 3.16. The largest absolute Gasteiger partial charge is 0.343 e. The van der Waals surface area contributed by atoms with Gasteiger partial charge in [0.25, 0.3) is 17.6 Å². The highest BCUT2D eigenvalue weighted by atomic mass is 16.2. The number of hydrogen-bond donors (Lipinski definition) is 0. The van der Waals surface area contributed by atoms with Crippen LogP contribution in [0.2, 0.25) is 0 Å². The smallest absolute Gasteiger partial charge is 0.272 e. The molecule has 0 aliphatic carbocycles. The molecule has 0 aromatic carbocycles. The number of nitrogens with zero attached hydrogens (tertiary/aromatic N) is 6. The molecule has 0 saturated carbocycles. The molecule has 2 amide bonds. The molecule has 0 N–H and O–H groups in total. The molecule has 0 aliphatic rings. The Morgan fingerprint density at radius 3 is 2.32 bits per heavy atom. The summed E-state index contributed by atoms with van der Waals surface area (Å²) >= 11 is 0. The highest BCUT2D eigenvalue weighted by Gasteiger charge is 2.19. The van der Waals surface area contributed by atoms with Crippen molar-refractivity contribution in [3.05, 3.63) is 23.8 Å². The average molecular weight is 262 g/mol. The van der Waals surface area contributed by atoms with E-state index in [2.05, 4.69) is 15.2 Å². The van der Waals surface area contributed by atoms with E-state index in [0.717, 1.165) is 0 Å². The summed E-state index contributed by atoms with van der Waals surface area (Å²) in [5, 5.41) is 7.49. The van der Waals surface area contributed by atoms with Crippen molar-refractivity contribution in [2.45, 2.75) is 0 Å². The van der Waals surface area contributed by atoms with E-state index in [1.165, 1.54) is 26.6 Å². The molecule has 2 aromatic rings. The minimum absolute atomic E-state index is 0.163. The van der Waals surface area contributed by atoms with Gasteiger partial charge in [0, 0.05) is 28.2 Å². The van der Waals surface area contributed by atoms with E-state index in [1.807, 2.05) is 0 Å². The second-order valence-electron chi connectivity index (χ2n) is 4.43. The third kappa shape index (κ3) is 2.24. The van der Waals surface area contributed by atoms with E-state index in [-0.39, 0.29) is 23.3 Å². The monoisotopic (exact) mass is 262 g/mol. The maximum absolute atomic E-state index is 12.1. The zero-order valence-electron chi connectivity index (χ0n) is 11.2. The Labute approximate surface area is 109 Å². The van der Waals surface area contributed by atoms with Crippen LogP contribution in [0, 0.1) is 0 Å². The highest BCUT2D eigenvalue weighted by molar-refractivity contribution is 5.97. The highest BCUT2D eigenvalue weighted by Crippen LogP contribution is 2.09. The number of rotatable bonds is 2. The fourth-order valence-corrected chi connectivity index (χ4v) is 1.55. The summed E-state index contributed by atoms with van der Waals surface area (Å²) < 4.78 is 1.45. The van der Waals surface area contributed by atoms with Crippen molar-refractivity contribution in [1.29, 1.82) is 0 Å². The second kappa shape index (κ2) is 4.63. The summed E-state index contributed by atoms with van der Waals surface area (Å²) in [4.78, 5) is 30.9. The maximum atomic E-state index is 12.1. The van der Waals surface area contributed by atoms with E-state index in [4.69, 9.17) is 0 Å². The number of hydrogen-bond acceptors (Lipinski definition) is 5. The molecule has 0 aliphatic heterocycles. The predicted octanol–water partition coefficient (Wildman–Crippen LogP) is -0.472. The van der Waals surface area contributed by atoms with Crippen molar-refractivity contribution in [2.75, 3.05) is 28.2 Å². The van der Waals surface area contributed by atoms with Gasteiger partial charge in [0.05, 0.1) is 0 Å². The van der Waals surface area contributed by atoms with Crippen molar-refractivity contribution in [3.63, 3.8) is 0 Å². The third-order valence-corrected chi connectivity index (χ3v) is 2.53. The summed E-state index contributed by atoms with van der Waals surface area (Å²) in [6.45, 7) is 0. The van der Waals surface area contributed by atoms with Gasteiger partial charge in [-0.25, -0.2) is 4.98 Å². The first kappa shape index (κ1) is 12.9. The van der Waals surface area contributed by atoms with Crippen LogP contribution in [0.3, 0.4) is 0 Å². The Hall–Kier alpha value is -2.51. The SMILES string of the molecule is CN(C)C(=O)c1cc(C(=O)N(C)C)n2cnnc2n1. The summed E-state index contributed by atoms with van der Waals surface area (Å²) in [7, 11) is 6.50. The van der Waals surface area contributed by atoms with Crippen LogP contribution >= 0.6 is 0 Å². The number of carbonyl (C=O) groups excluding carboxylic acids is 2. The van der Waals surface area contributed by atoms with Crippen LogP contribution in [0.5, 0.6) is 0 Å². The molecule has 8 heteroatoms. The number of aromatic nitrogens is 4. The Bertz CT molecular complexity index is 646. The first-order valence-electron chi connectivity index (χ1n) is 5.56. The van der Waals surface area contributed by atoms with Gasteiger partial charge < -0.3 is 9.80 Å². The minimum Gasteiger partial charge on any atom is -0.343 e. The molecule has 2 rings (SSSR count). The Balaban J connectivity index is 2.64. The van der Waals surface area contributed by atoms with Crippen LogP contribution in [0.25, 0.3) is 5.78 Å². The minimum atomic E-state index is -0.293. The first-order chi connectivity index (χ1) is 8.91. The first-order valence-corrected chi connectivity index (χ1v) is 5.56. The zero-order chi connectivity index (χ0) is 14.2. The van der Waals surface area contributed by atoms with E-state index in [9.17, 15) is 9.59 Å². The maximum Gasteiger partial charge on any atom is 0.272 e. The van der Waals surface area contributed by atoms with Crippen LogP contribution in [0.1, 0.15) is 21.0 Å². The average Bonchev–Trinajstić information content (AvgIpc) is 2.83. The molecule has 0 unspecified atom stereocenters. The molecule has 0 fully saturated rings. The van der Waals surface area contributed by atoms with Crippen molar-refractivity contribution >= 4 is 17.6 Å². The molecule has 2 aromatic heterocycles. The van der Waals surface area contributed by atoms with Gasteiger partial charge in [-0.2, -0.15) is 0 Å². The molecule has 8 nitrogen and oxygen atoms in total. The predicted molar refractivity (Wildman–Crippen MR) is 66.8 cm³/mol.